The lowest BCUT2D eigenvalue weighted by Gasteiger charge is -2.22. The van der Waals surface area contributed by atoms with Crippen LogP contribution < -0.4 is 10.5 Å². The average molecular weight is 259 g/mol. The van der Waals surface area contributed by atoms with Crippen molar-refractivity contribution in [1.29, 1.82) is 0 Å². The van der Waals surface area contributed by atoms with Gasteiger partial charge in [0.05, 0.1) is 6.26 Å². The van der Waals surface area contributed by atoms with Crippen molar-refractivity contribution in [2.75, 3.05) is 5.73 Å². The van der Waals surface area contributed by atoms with Gasteiger partial charge in [-0.15, -0.1) is 0 Å². The minimum Gasteiger partial charge on any atom is -0.474 e. The zero-order chi connectivity index (χ0) is 13.1. The van der Waals surface area contributed by atoms with Crippen molar-refractivity contribution < 1.29 is 9.15 Å². The number of furan rings is 1. The molecule has 0 spiro atoms. The van der Waals surface area contributed by atoms with Gasteiger partial charge in [-0.1, -0.05) is 6.42 Å². The molecule has 19 heavy (non-hydrogen) atoms. The van der Waals surface area contributed by atoms with Crippen molar-refractivity contribution >= 4 is 5.95 Å². The highest BCUT2D eigenvalue weighted by Gasteiger charge is 2.16. The molecule has 1 aliphatic carbocycles. The van der Waals surface area contributed by atoms with E-state index in [1.54, 1.807) is 12.3 Å². The predicted octanol–water partition coefficient (Wildman–Crippen LogP) is 3.03. The number of nitrogens with zero attached hydrogens (tertiary/aromatic N) is 2. The van der Waals surface area contributed by atoms with E-state index in [2.05, 4.69) is 9.97 Å². The SMILES string of the molecule is Nc1nc(OC2CCCCC2)cc(-c2ccco2)n1. The summed E-state index contributed by atoms with van der Waals surface area (Å²) in [6.45, 7) is 0. The molecule has 3 rings (SSSR count). The largest absolute Gasteiger partial charge is 0.474 e. The van der Waals surface area contributed by atoms with Crippen LogP contribution in [0.25, 0.3) is 11.5 Å². The Hall–Kier alpha value is -2.04. The fraction of sp³-hybridized carbons (Fsp3) is 0.429. The Bertz CT molecular complexity index is 534. The van der Waals surface area contributed by atoms with E-state index < -0.39 is 0 Å². The maximum Gasteiger partial charge on any atom is 0.223 e. The lowest BCUT2D eigenvalue weighted by atomic mass is 9.98. The third-order valence-electron chi connectivity index (χ3n) is 3.33. The second-order valence-electron chi connectivity index (χ2n) is 4.80. The van der Waals surface area contributed by atoms with Crippen LogP contribution in [0.2, 0.25) is 0 Å². The van der Waals surface area contributed by atoms with Crippen molar-refractivity contribution in [3.63, 3.8) is 0 Å². The Kier molecular flexibility index (Phi) is 3.35. The maximum atomic E-state index is 5.90. The number of aromatic nitrogens is 2. The van der Waals surface area contributed by atoms with Gasteiger partial charge in [-0.25, -0.2) is 4.98 Å². The molecule has 1 fully saturated rings. The predicted molar refractivity (Wildman–Crippen MR) is 71.6 cm³/mol. The summed E-state index contributed by atoms with van der Waals surface area (Å²) in [5.41, 5.74) is 6.38. The molecular weight excluding hydrogens is 242 g/mol. The highest BCUT2D eigenvalue weighted by atomic mass is 16.5. The topological polar surface area (TPSA) is 74.2 Å². The summed E-state index contributed by atoms with van der Waals surface area (Å²) in [7, 11) is 0. The first-order valence-corrected chi connectivity index (χ1v) is 6.66. The van der Waals surface area contributed by atoms with Crippen LogP contribution in [0.4, 0.5) is 5.95 Å². The van der Waals surface area contributed by atoms with E-state index in [0.717, 1.165) is 12.8 Å². The molecule has 5 nitrogen and oxygen atoms in total. The fourth-order valence-corrected chi connectivity index (χ4v) is 2.41. The fourth-order valence-electron chi connectivity index (χ4n) is 2.41. The number of nitrogen functional groups attached to an aromatic ring is 1. The van der Waals surface area contributed by atoms with Gasteiger partial charge in [0, 0.05) is 6.07 Å². The summed E-state index contributed by atoms with van der Waals surface area (Å²) in [4.78, 5) is 8.30. The van der Waals surface area contributed by atoms with E-state index in [0.29, 0.717) is 17.3 Å². The molecule has 0 radical (unpaired) electrons. The molecule has 0 bridgehead atoms. The molecule has 2 N–H and O–H groups in total. The number of anilines is 1. The molecule has 100 valence electrons. The zero-order valence-electron chi connectivity index (χ0n) is 10.7. The first-order valence-electron chi connectivity index (χ1n) is 6.66. The molecule has 1 aliphatic rings. The zero-order valence-corrected chi connectivity index (χ0v) is 10.7. The van der Waals surface area contributed by atoms with Crippen molar-refractivity contribution in [3.8, 4) is 17.3 Å². The van der Waals surface area contributed by atoms with Crippen molar-refractivity contribution in [2.45, 2.75) is 38.2 Å². The van der Waals surface area contributed by atoms with E-state index in [1.165, 1.54) is 19.3 Å². The summed E-state index contributed by atoms with van der Waals surface area (Å²) in [5, 5.41) is 0. The van der Waals surface area contributed by atoms with Gasteiger partial charge in [0.15, 0.2) is 5.76 Å². The van der Waals surface area contributed by atoms with E-state index in [-0.39, 0.29) is 12.1 Å². The molecule has 5 heteroatoms. The van der Waals surface area contributed by atoms with Gasteiger partial charge in [0.1, 0.15) is 11.8 Å². The number of rotatable bonds is 3. The van der Waals surface area contributed by atoms with Crippen molar-refractivity contribution in [3.05, 3.63) is 24.5 Å². The Labute approximate surface area is 111 Å². The molecule has 0 atom stereocenters. The summed E-state index contributed by atoms with van der Waals surface area (Å²) in [6.07, 6.45) is 7.75. The van der Waals surface area contributed by atoms with Crippen molar-refractivity contribution in [1.82, 2.24) is 9.97 Å². The molecule has 2 heterocycles. The molecular formula is C14H17N3O2. The van der Waals surface area contributed by atoms with Gasteiger partial charge in [-0.05, 0) is 37.8 Å². The van der Waals surface area contributed by atoms with E-state index >= 15 is 0 Å². The number of hydrogen-bond donors (Lipinski definition) is 1. The Morgan fingerprint density at radius 1 is 1.21 bits per heavy atom. The summed E-state index contributed by atoms with van der Waals surface area (Å²) >= 11 is 0. The molecule has 0 aromatic carbocycles. The van der Waals surface area contributed by atoms with Crippen LogP contribution >= 0.6 is 0 Å². The Morgan fingerprint density at radius 2 is 2.05 bits per heavy atom. The van der Waals surface area contributed by atoms with Gasteiger partial charge >= 0.3 is 0 Å². The highest BCUT2D eigenvalue weighted by molar-refractivity contribution is 5.54. The number of ether oxygens (including phenoxy) is 1. The van der Waals surface area contributed by atoms with Crippen molar-refractivity contribution in [2.24, 2.45) is 0 Å². The molecule has 2 aromatic rings. The molecule has 0 unspecified atom stereocenters. The third kappa shape index (κ3) is 2.86. The normalized spacial score (nSPS) is 16.4. The van der Waals surface area contributed by atoms with Crippen LogP contribution in [0.3, 0.4) is 0 Å². The average Bonchev–Trinajstić information content (AvgIpc) is 2.93. The first-order chi connectivity index (χ1) is 9.31. The summed E-state index contributed by atoms with van der Waals surface area (Å²) < 4.78 is 11.2. The van der Waals surface area contributed by atoms with Gasteiger partial charge < -0.3 is 14.9 Å². The van der Waals surface area contributed by atoms with E-state index in [9.17, 15) is 0 Å². The molecule has 1 saturated carbocycles. The Balaban J connectivity index is 1.81. The molecule has 0 amide bonds. The smallest absolute Gasteiger partial charge is 0.223 e. The van der Waals surface area contributed by atoms with E-state index in [1.807, 2.05) is 12.1 Å². The standard InChI is InChI=1S/C14H17N3O2/c15-14-16-11(12-7-4-8-18-12)9-13(17-14)19-10-5-2-1-3-6-10/h4,7-10H,1-3,5-6H2,(H2,15,16,17). The van der Waals surface area contributed by atoms with Crippen LogP contribution in [0.1, 0.15) is 32.1 Å². The number of hydrogen-bond acceptors (Lipinski definition) is 5. The lowest BCUT2D eigenvalue weighted by molar-refractivity contribution is 0.149. The third-order valence-corrected chi connectivity index (χ3v) is 3.33. The summed E-state index contributed by atoms with van der Waals surface area (Å²) in [5.74, 6) is 1.41. The second-order valence-corrected chi connectivity index (χ2v) is 4.80. The Morgan fingerprint density at radius 3 is 2.79 bits per heavy atom. The van der Waals surface area contributed by atoms with Crippen LogP contribution in [0.15, 0.2) is 28.9 Å². The highest BCUT2D eigenvalue weighted by Crippen LogP contribution is 2.26. The van der Waals surface area contributed by atoms with Crippen LogP contribution in [-0.4, -0.2) is 16.1 Å². The van der Waals surface area contributed by atoms with Gasteiger partial charge in [-0.3, -0.25) is 0 Å². The minimum absolute atomic E-state index is 0.208. The molecule has 0 aliphatic heterocycles. The molecule has 0 saturated heterocycles. The van der Waals surface area contributed by atoms with Crippen LogP contribution in [0, 0.1) is 0 Å². The maximum absolute atomic E-state index is 5.90. The monoisotopic (exact) mass is 259 g/mol. The van der Waals surface area contributed by atoms with Gasteiger partial charge in [0.25, 0.3) is 0 Å². The van der Waals surface area contributed by atoms with Crippen LogP contribution in [-0.2, 0) is 0 Å². The number of nitrogens with two attached hydrogens (primary N) is 1. The van der Waals surface area contributed by atoms with Crippen LogP contribution in [0.5, 0.6) is 5.88 Å². The van der Waals surface area contributed by atoms with E-state index in [4.69, 9.17) is 14.9 Å². The second kappa shape index (κ2) is 5.30. The molecule has 2 aromatic heterocycles. The minimum atomic E-state index is 0.208. The first kappa shape index (κ1) is 12.0. The lowest BCUT2D eigenvalue weighted by Crippen LogP contribution is -2.20. The van der Waals surface area contributed by atoms with Gasteiger partial charge in [-0.2, -0.15) is 4.98 Å². The van der Waals surface area contributed by atoms with Gasteiger partial charge in [0.2, 0.25) is 11.8 Å². The quantitative estimate of drug-likeness (QED) is 0.917. The summed E-state index contributed by atoms with van der Waals surface area (Å²) in [6, 6.07) is 5.44.